The number of piperidine rings is 1. The van der Waals surface area contributed by atoms with Gasteiger partial charge in [-0.2, -0.15) is 0 Å². The van der Waals surface area contributed by atoms with Crippen molar-refractivity contribution in [2.75, 3.05) is 24.6 Å². The maximum absolute atomic E-state index is 11.9. The van der Waals surface area contributed by atoms with Gasteiger partial charge in [-0.25, -0.2) is 4.79 Å². The Morgan fingerprint density at radius 2 is 2.03 bits per heavy atom. The Balaban J connectivity index is 1.47. The van der Waals surface area contributed by atoms with Crippen molar-refractivity contribution in [2.24, 2.45) is 0 Å². The van der Waals surface area contributed by atoms with Gasteiger partial charge < -0.3 is 14.6 Å². The van der Waals surface area contributed by atoms with Gasteiger partial charge in [0.1, 0.15) is 0 Å². The minimum Gasteiger partial charge on any atom is -0.462 e. The van der Waals surface area contributed by atoms with E-state index in [2.05, 4.69) is 33.9 Å². The highest BCUT2D eigenvalue weighted by Gasteiger charge is 2.14. The number of anilines is 1. The van der Waals surface area contributed by atoms with Crippen molar-refractivity contribution in [3.8, 4) is 0 Å². The molecule has 0 bridgehead atoms. The molecule has 0 amide bonds. The summed E-state index contributed by atoms with van der Waals surface area (Å²) in [6.45, 7) is 6.63. The molecule has 1 aromatic carbocycles. The number of benzene rings is 1. The van der Waals surface area contributed by atoms with E-state index in [9.17, 15) is 4.79 Å². The maximum Gasteiger partial charge on any atom is 0.338 e. The van der Waals surface area contributed by atoms with Crippen LogP contribution >= 0.6 is 11.8 Å². The number of aryl methyl sites for hydroxylation is 1. The molecule has 29 heavy (non-hydrogen) atoms. The van der Waals surface area contributed by atoms with Crippen molar-refractivity contribution in [1.29, 1.82) is 0 Å². The van der Waals surface area contributed by atoms with E-state index in [1.807, 2.05) is 25.3 Å². The number of fused-ring (bicyclic) bond motifs is 1. The lowest BCUT2D eigenvalue weighted by Gasteiger charge is -2.30. The van der Waals surface area contributed by atoms with Crippen molar-refractivity contribution in [2.45, 2.75) is 43.9 Å². The number of aromatic amines is 1. The lowest BCUT2D eigenvalue weighted by molar-refractivity contribution is 0.0526. The number of rotatable bonds is 6. The monoisotopic (exact) mass is 409 g/mol. The highest BCUT2D eigenvalue weighted by atomic mass is 32.2. The summed E-state index contributed by atoms with van der Waals surface area (Å²) >= 11 is 1.73. The summed E-state index contributed by atoms with van der Waals surface area (Å²) in [5, 5.41) is 2.09. The molecular formula is C23H27N3O2S. The molecule has 6 heteroatoms. The molecule has 5 nitrogen and oxygen atoms in total. The fraction of sp³-hybridized carbons (Fsp3) is 0.391. The first-order valence-corrected chi connectivity index (χ1v) is 11.3. The molecule has 0 aliphatic carbocycles. The van der Waals surface area contributed by atoms with Crippen LogP contribution in [0.5, 0.6) is 0 Å². The van der Waals surface area contributed by atoms with Gasteiger partial charge in [0.05, 0.1) is 22.9 Å². The lowest BCUT2D eigenvalue weighted by atomic mass is 10.1. The van der Waals surface area contributed by atoms with Gasteiger partial charge in [0.2, 0.25) is 0 Å². The first kappa shape index (κ1) is 19.8. The van der Waals surface area contributed by atoms with E-state index in [1.54, 1.807) is 17.8 Å². The van der Waals surface area contributed by atoms with Crippen molar-refractivity contribution < 1.29 is 9.53 Å². The SMILES string of the molecule is CCOC(=O)c1ccc2[nH]c(SCc3cc(N4CCCCC4)c(C)cn3)cc2c1. The van der Waals surface area contributed by atoms with E-state index in [1.165, 1.54) is 30.5 Å². The third-order valence-corrected chi connectivity index (χ3v) is 6.28. The quantitative estimate of drug-likeness (QED) is 0.440. The minimum absolute atomic E-state index is 0.279. The average Bonchev–Trinajstić information content (AvgIpc) is 3.16. The normalized spacial score (nSPS) is 14.3. The van der Waals surface area contributed by atoms with Crippen LogP contribution in [0.25, 0.3) is 10.9 Å². The molecule has 1 aliphatic rings. The predicted octanol–water partition coefficient (Wildman–Crippen LogP) is 5.33. The molecular weight excluding hydrogens is 382 g/mol. The van der Waals surface area contributed by atoms with Crippen molar-refractivity contribution in [1.82, 2.24) is 9.97 Å². The highest BCUT2D eigenvalue weighted by molar-refractivity contribution is 7.98. The number of carbonyl (C=O) groups excluding carboxylic acids is 1. The fourth-order valence-corrected chi connectivity index (χ4v) is 4.64. The molecule has 0 saturated carbocycles. The molecule has 3 aromatic rings. The molecule has 1 aliphatic heterocycles. The number of nitrogens with one attached hydrogen (secondary N) is 1. The zero-order valence-corrected chi connectivity index (χ0v) is 17.8. The van der Waals surface area contributed by atoms with Crippen LogP contribution in [0, 0.1) is 6.92 Å². The van der Waals surface area contributed by atoms with Gasteiger partial charge in [-0.1, -0.05) is 0 Å². The third-order valence-electron chi connectivity index (χ3n) is 5.31. The number of pyridine rings is 1. The average molecular weight is 410 g/mol. The van der Waals surface area contributed by atoms with Gasteiger partial charge in [0.15, 0.2) is 0 Å². The van der Waals surface area contributed by atoms with Crippen LogP contribution in [0.4, 0.5) is 5.69 Å². The molecule has 0 atom stereocenters. The minimum atomic E-state index is -0.279. The van der Waals surface area contributed by atoms with Gasteiger partial charge >= 0.3 is 5.97 Å². The highest BCUT2D eigenvalue weighted by Crippen LogP contribution is 2.29. The van der Waals surface area contributed by atoms with Crippen LogP contribution < -0.4 is 4.90 Å². The summed E-state index contributed by atoms with van der Waals surface area (Å²) in [7, 11) is 0. The molecule has 0 radical (unpaired) electrons. The van der Waals surface area contributed by atoms with Crippen molar-refractivity contribution >= 4 is 34.3 Å². The molecule has 3 heterocycles. The molecule has 1 fully saturated rings. The maximum atomic E-state index is 11.9. The number of esters is 1. The molecule has 1 saturated heterocycles. The van der Waals surface area contributed by atoms with E-state index < -0.39 is 0 Å². The van der Waals surface area contributed by atoms with Crippen LogP contribution in [0.3, 0.4) is 0 Å². The Morgan fingerprint density at radius 1 is 1.21 bits per heavy atom. The zero-order chi connectivity index (χ0) is 20.2. The van der Waals surface area contributed by atoms with Crippen LogP contribution in [0.15, 0.2) is 41.6 Å². The van der Waals surface area contributed by atoms with Gasteiger partial charge in [-0.15, -0.1) is 11.8 Å². The predicted molar refractivity (Wildman–Crippen MR) is 119 cm³/mol. The molecule has 1 N–H and O–H groups in total. The van der Waals surface area contributed by atoms with Gasteiger partial charge in [0.25, 0.3) is 0 Å². The van der Waals surface area contributed by atoms with Crippen LogP contribution in [0.1, 0.15) is 47.8 Å². The van der Waals surface area contributed by atoms with Crippen molar-refractivity contribution in [3.63, 3.8) is 0 Å². The van der Waals surface area contributed by atoms with E-state index >= 15 is 0 Å². The lowest BCUT2D eigenvalue weighted by Crippen LogP contribution is -2.30. The van der Waals surface area contributed by atoms with Gasteiger partial charge in [-0.3, -0.25) is 4.98 Å². The van der Waals surface area contributed by atoms with Gasteiger partial charge in [-0.05, 0) is 69.0 Å². The topological polar surface area (TPSA) is 58.2 Å². The second kappa shape index (κ2) is 8.91. The van der Waals surface area contributed by atoms with E-state index in [-0.39, 0.29) is 5.97 Å². The summed E-state index contributed by atoms with van der Waals surface area (Å²) in [5.41, 5.74) is 5.27. The molecule has 2 aromatic heterocycles. The number of aromatic nitrogens is 2. The Bertz CT molecular complexity index is 1010. The smallest absolute Gasteiger partial charge is 0.338 e. The number of H-pyrrole nitrogens is 1. The summed E-state index contributed by atoms with van der Waals surface area (Å²) < 4.78 is 5.09. The zero-order valence-electron chi connectivity index (χ0n) is 17.0. The largest absolute Gasteiger partial charge is 0.462 e. The summed E-state index contributed by atoms with van der Waals surface area (Å²) in [6.07, 6.45) is 5.88. The standard InChI is InChI=1S/C23H27N3O2S/c1-3-28-23(27)17-7-8-20-18(11-17)12-22(25-20)29-15-19-13-21(16(2)14-24-19)26-9-5-4-6-10-26/h7-8,11-14,25H,3-6,9-10,15H2,1-2H3. The number of nitrogens with zero attached hydrogens (tertiary/aromatic N) is 2. The molecule has 152 valence electrons. The summed E-state index contributed by atoms with van der Waals surface area (Å²) in [4.78, 5) is 22.5. The van der Waals surface area contributed by atoms with E-state index in [0.717, 1.165) is 40.5 Å². The van der Waals surface area contributed by atoms with E-state index in [0.29, 0.717) is 12.2 Å². The number of hydrogen-bond acceptors (Lipinski definition) is 5. The Labute approximate surface area is 175 Å². The van der Waals surface area contributed by atoms with Gasteiger partial charge in [0, 0.05) is 41.6 Å². The fourth-order valence-electron chi connectivity index (χ4n) is 3.79. The van der Waals surface area contributed by atoms with Crippen LogP contribution in [0.2, 0.25) is 0 Å². The molecule has 0 unspecified atom stereocenters. The summed E-state index contributed by atoms with van der Waals surface area (Å²) in [5.74, 6) is 0.525. The number of hydrogen-bond donors (Lipinski definition) is 1. The Hall–Kier alpha value is -2.47. The van der Waals surface area contributed by atoms with Crippen LogP contribution in [-0.2, 0) is 10.5 Å². The number of ether oxygens (including phenoxy) is 1. The second-order valence-corrected chi connectivity index (χ2v) is 8.47. The molecule has 4 rings (SSSR count). The van der Waals surface area contributed by atoms with Crippen LogP contribution in [-0.4, -0.2) is 35.6 Å². The number of carbonyl (C=O) groups is 1. The Kier molecular flexibility index (Phi) is 6.09. The van der Waals surface area contributed by atoms with E-state index in [4.69, 9.17) is 4.74 Å². The Morgan fingerprint density at radius 3 is 2.83 bits per heavy atom. The summed E-state index contributed by atoms with van der Waals surface area (Å²) in [6, 6.07) is 9.95. The van der Waals surface area contributed by atoms with Crippen molar-refractivity contribution in [3.05, 3.63) is 53.3 Å². The number of thioether (sulfide) groups is 1. The first-order valence-electron chi connectivity index (χ1n) is 10.3. The second-order valence-electron chi connectivity index (χ2n) is 7.45. The first-order chi connectivity index (χ1) is 14.1. The molecule has 0 spiro atoms. The third kappa shape index (κ3) is 4.58.